The second-order valence-electron chi connectivity index (χ2n) is 3.91. The van der Waals surface area contributed by atoms with Crippen molar-refractivity contribution >= 4 is 18.3 Å². The molecule has 0 bridgehead atoms. The summed E-state index contributed by atoms with van der Waals surface area (Å²) in [5.74, 6) is 0.517. The number of carbonyl (C=O) groups is 1. The van der Waals surface area contributed by atoms with E-state index in [1.54, 1.807) is 20.8 Å². The van der Waals surface area contributed by atoms with Crippen molar-refractivity contribution < 1.29 is 9.53 Å². The molecule has 0 saturated heterocycles. The van der Waals surface area contributed by atoms with E-state index in [0.717, 1.165) is 0 Å². The zero-order valence-electron chi connectivity index (χ0n) is 9.00. The van der Waals surface area contributed by atoms with Crippen LogP contribution in [-0.4, -0.2) is 30.4 Å². The number of alkyl carbamates (subject to hydrolysis) is 1. The highest BCUT2D eigenvalue weighted by Crippen LogP contribution is 2.05. The summed E-state index contributed by atoms with van der Waals surface area (Å²) in [6.07, 6.45) is 0.915. The molecule has 7 heteroatoms. The fourth-order valence-corrected chi connectivity index (χ4v) is 0.817. The van der Waals surface area contributed by atoms with E-state index in [1.807, 2.05) is 0 Å². The predicted octanol–water partition coefficient (Wildman–Crippen LogP) is -0.0393. The molecule has 15 heavy (non-hydrogen) atoms. The van der Waals surface area contributed by atoms with E-state index in [2.05, 4.69) is 26.4 Å². The first-order valence-corrected chi connectivity index (χ1v) is 4.54. The molecule has 1 aliphatic rings. The summed E-state index contributed by atoms with van der Waals surface area (Å²) in [5.41, 5.74) is 4.67. The van der Waals surface area contributed by atoms with Gasteiger partial charge >= 0.3 is 6.09 Å². The Morgan fingerprint density at radius 2 is 2.33 bits per heavy atom. The van der Waals surface area contributed by atoms with Crippen LogP contribution in [0.1, 0.15) is 20.8 Å². The molecule has 84 valence electrons. The molecule has 1 rings (SSSR count). The van der Waals surface area contributed by atoms with Crippen LogP contribution in [0.3, 0.4) is 0 Å². The smallest absolute Gasteiger partial charge is 0.408 e. The third-order valence-electron chi connectivity index (χ3n) is 1.31. The van der Waals surface area contributed by atoms with Gasteiger partial charge in [-0.15, -0.1) is 0 Å². The number of hydrogen-bond donors (Lipinski definition) is 3. The molecule has 1 aliphatic heterocycles. The average molecular weight is 213 g/mol. The Labute approximate surface area is 87.9 Å². The SMILES string of the molecule is CC(C)(C)OC(=O)NCC1=NNC=NN1. The van der Waals surface area contributed by atoms with Gasteiger partial charge in [-0.05, 0) is 20.8 Å². The summed E-state index contributed by atoms with van der Waals surface area (Å²) in [4.78, 5) is 11.2. The summed E-state index contributed by atoms with van der Waals surface area (Å²) in [7, 11) is 0. The minimum Gasteiger partial charge on any atom is -0.444 e. The topological polar surface area (TPSA) is 87.1 Å². The van der Waals surface area contributed by atoms with E-state index in [9.17, 15) is 4.79 Å². The van der Waals surface area contributed by atoms with Gasteiger partial charge in [0, 0.05) is 0 Å². The van der Waals surface area contributed by atoms with Crippen molar-refractivity contribution in [2.75, 3.05) is 6.54 Å². The molecule has 7 nitrogen and oxygen atoms in total. The maximum Gasteiger partial charge on any atom is 0.408 e. The molecule has 3 N–H and O–H groups in total. The van der Waals surface area contributed by atoms with Crippen molar-refractivity contribution in [2.24, 2.45) is 10.2 Å². The number of rotatable bonds is 2. The van der Waals surface area contributed by atoms with Gasteiger partial charge in [0.05, 0.1) is 6.54 Å². The predicted molar refractivity (Wildman–Crippen MR) is 56.4 cm³/mol. The Balaban J connectivity index is 2.25. The van der Waals surface area contributed by atoms with Crippen LogP contribution in [0, 0.1) is 0 Å². The summed E-state index contributed by atoms with van der Waals surface area (Å²) in [6, 6.07) is 0. The molecule has 0 atom stereocenters. The van der Waals surface area contributed by atoms with Crippen LogP contribution in [0.2, 0.25) is 0 Å². The van der Waals surface area contributed by atoms with Gasteiger partial charge in [-0.1, -0.05) is 0 Å². The van der Waals surface area contributed by atoms with Crippen LogP contribution in [0.5, 0.6) is 0 Å². The molecular formula is C8H15N5O2. The molecule has 0 radical (unpaired) electrons. The van der Waals surface area contributed by atoms with Crippen molar-refractivity contribution in [1.82, 2.24) is 16.2 Å². The van der Waals surface area contributed by atoms with E-state index < -0.39 is 11.7 Å². The first-order chi connectivity index (χ1) is 6.97. The van der Waals surface area contributed by atoms with Crippen molar-refractivity contribution in [3.05, 3.63) is 0 Å². The van der Waals surface area contributed by atoms with Gasteiger partial charge in [-0.2, -0.15) is 10.2 Å². The summed E-state index contributed by atoms with van der Waals surface area (Å²) >= 11 is 0. The van der Waals surface area contributed by atoms with Gasteiger partial charge in [-0.25, -0.2) is 4.79 Å². The Kier molecular flexibility index (Phi) is 3.48. The minimum absolute atomic E-state index is 0.235. The Hall–Kier alpha value is -1.79. The van der Waals surface area contributed by atoms with E-state index in [4.69, 9.17) is 4.74 Å². The Morgan fingerprint density at radius 3 is 2.87 bits per heavy atom. The fraction of sp³-hybridized carbons (Fsp3) is 0.625. The molecule has 0 saturated carbocycles. The van der Waals surface area contributed by atoms with Crippen LogP contribution in [0.25, 0.3) is 0 Å². The highest BCUT2D eigenvalue weighted by molar-refractivity contribution is 5.88. The lowest BCUT2D eigenvalue weighted by Crippen LogP contribution is -2.40. The largest absolute Gasteiger partial charge is 0.444 e. The normalized spacial score (nSPS) is 14.7. The zero-order chi connectivity index (χ0) is 11.3. The zero-order valence-corrected chi connectivity index (χ0v) is 9.00. The van der Waals surface area contributed by atoms with Crippen molar-refractivity contribution in [2.45, 2.75) is 26.4 Å². The van der Waals surface area contributed by atoms with Crippen molar-refractivity contribution in [3.63, 3.8) is 0 Å². The first-order valence-electron chi connectivity index (χ1n) is 4.54. The third kappa shape index (κ3) is 4.84. The van der Waals surface area contributed by atoms with E-state index in [1.165, 1.54) is 6.34 Å². The number of ether oxygens (including phenoxy) is 1. The highest BCUT2D eigenvalue weighted by atomic mass is 16.6. The van der Waals surface area contributed by atoms with Crippen LogP contribution in [0.4, 0.5) is 4.79 Å². The quantitative estimate of drug-likeness (QED) is 0.600. The monoisotopic (exact) mass is 213 g/mol. The standard InChI is InChI=1S/C8H15N5O2/c1-8(2,3)15-7(14)9-4-6-12-10-5-11-13-6/h5H,4H2,1-3H3,(H,9,14)(H,10,11)(H,12,13). The molecule has 0 aliphatic carbocycles. The fourth-order valence-electron chi connectivity index (χ4n) is 0.817. The summed E-state index contributed by atoms with van der Waals surface area (Å²) < 4.78 is 5.04. The number of amides is 1. The molecule has 0 unspecified atom stereocenters. The van der Waals surface area contributed by atoms with Gasteiger partial charge in [0.15, 0.2) is 5.84 Å². The van der Waals surface area contributed by atoms with E-state index >= 15 is 0 Å². The lowest BCUT2D eigenvalue weighted by molar-refractivity contribution is 0.0535. The number of amidine groups is 1. The molecule has 1 heterocycles. The molecular weight excluding hydrogens is 198 g/mol. The molecule has 0 aromatic heterocycles. The van der Waals surface area contributed by atoms with Gasteiger partial charge in [-0.3, -0.25) is 10.9 Å². The number of carbonyl (C=O) groups excluding carboxylic acids is 1. The second kappa shape index (κ2) is 4.63. The molecule has 0 spiro atoms. The molecule has 1 amide bonds. The third-order valence-corrected chi connectivity index (χ3v) is 1.31. The maximum absolute atomic E-state index is 11.2. The van der Waals surface area contributed by atoms with Gasteiger partial charge < -0.3 is 10.1 Å². The number of nitrogens with one attached hydrogen (secondary N) is 3. The lowest BCUT2D eigenvalue weighted by atomic mass is 10.2. The van der Waals surface area contributed by atoms with Gasteiger partial charge in [0.1, 0.15) is 11.9 Å². The highest BCUT2D eigenvalue weighted by Gasteiger charge is 2.16. The minimum atomic E-state index is -0.498. The maximum atomic E-state index is 11.2. The second-order valence-corrected chi connectivity index (χ2v) is 3.91. The first kappa shape index (κ1) is 11.3. The van der Waals surface area contributed by atoms with Crippen LogP contribution in [-0.2, 0) is 4.74 Å². The van der Waals surface area contributed by atoms with Crippen LogP contribution >= 0.6 is 0 Å². The molecule has 0 aromatic rings. The van der Waals surface area contributed by atoms with Crippen molar-refractivity contribution in [3.8, 4) is 0 Å². The number of nitrogens with zero attached hydrogens (tertiary/aromatic N) is 2. The Morgan fingerprint density at radius 1 is 1.60 bits per heavy atom. The van der Waals surface area contributed by atoms with Crippen LogP contribution < -0.4 is 16.2 Å². The Bertz CT molecular complexity index is 292. The number of hydrazone groups is 2. The van der Waals surface area contributed by atoms with E-state index in [-0.39, 0.29) is 6.54 Å². The van der Waals surface area contributed by atoms with Gasteiger partial charge in [0.2, 0.25) is 0 Å². The molecule has 0 fully saturated rings. The van der Waals surface area contributed by atoms with Crippen molar-refractivity contribution in [1.29, 1.82) is 0 Å². The average Bonchev–Trinajstić information content (AvgIpc) is 2.14. The van der Waals surface area contributed by atoms with E-state index in [0.29, 0.717) is 5.84 Å². The molecule has 0 aromatic carbocycles. The summed E-state index contributed by atoms with van der Waals surface area (Å²) in [5, 5.41) is 10.1. The van der Waals surface area contributed by atoms with Crippen LogP contribution in [0.15, 0.2) is 10.2 Å². The van der Waals surface area contributed by atoms with Gasteiger partial charge in [0.25, 0.3) is 0 Å². The lowest BCUT2D eigenvalue weighted by Gasteiger charge is -2.20. The summed E-state index contributed by atoms with van der Waals surface area (Å²) in [6.45, 7) is 5.64. The number of hydrogen-bond acceptors (Lipinski definition) is 6.